The summed E-state index contributed by atoms with van der Waals surface area (Å²) in [6, 6.07) is 5.30. The molecule has 1 aromatic rings. The molecule has 2 rings (SSSR count). The van der Waals surface area contributed by atoms with E-state index >= 15 is 0 Å². The Hall–Kier alpha value is -2.24. The Labute approximate surface area is 130 Å². The predicted molar refractivity (Wildman–Crippen MR) is 83.2 cm³/mol. The van der Waals surface area contributed by atoms with Gasteiger partial charge in [-0.3, -0.25) is 9.59 Å². The second-order valence-corrected chi connectivity index (χ2v) is 5.34. The fourth-order valence-corrected chi connectivity index (χ4v) is 2.59. The van der Waals surface area contributed by atoms with Crippen LogP contribution in [0.4, 0.5) is 5.69 Å². The number of rotatable bonds is 6. The van der Waals surface area contributed by atoms with Gasteiger partial charge in [0.1, 0.15) is 17.9 Å². The van der Waals surface area contributed by atoms with Crippen molar-refractivity contribution < 1.29 is 19.1 Å². The van der Waals surface area contributed by atoms with E-state index in [1.54, 1.807) is 25.3 Å². The predicted octanol–water partition coefficient (Wildman–Crippen LogP) is 2.09. The summed E-state index contributed by atoms with van der Waals surface area (Å²) in [4.78, 5) is 23.8. The summed E-state index contributed by atoms with van der Waals surface area (Å²) >= 11 is 0. The van der Waals surface area contributed by atoms with E-state index in [0.717, 1.165) is 25.7 Å². The largest absolute Gasteiger partial charge is 0.497 e. The lowest BCUT2D eigenvalue weighted by Gasteiger charge is -2.13. The van der Waals surface area contributed by atoms with Crippen LogP contribution in [-0.2, 0) is 9.59 Å². The molecule has 22 heavy (non-hydrogen) atoms. The molecule has 0 saturated heterocycles. The van der Waals surface area contributed by atoms with Gasteiger partial charge in [-0.2, -0.15) is 0 Å². The molecule has 1 fully saturated rings. The van der Waals surface area contributed by atoms with Gasteiger partial charge in [0.15, 0.2) is 0 Å². The Balaban J connectivity index is 1.89. The molecule has 0 unspecified atom stereocenters. The Bertz CT molecular complexity index is 539. The maximum absolute atomic E-state index is 12.0. The first-order valence-electron chi connectivity index (χ1n) is 7.43. The molecular formula is C16H22N2O4. The average molecular weight is 306 g/mol. The van der Waals surface area contributed by atoms with Crippen molar-refractivity contribution in [1.82, 2.24) is 5.32 Å². The van der Waals surface area contributed by atoms with E-state index in [0.29, 0.717) is 17.2 Å². The molecule has 1 saturated carbocycles. The number of amides is 2. The van der Waals surface area contributed by atoms with E-state index in [1.165, 1.54) is 7.11 Å². The van der Waals surface area contributed by atoms with E-state index in [-0.39, 0.29) is 24.3 Å². The molecule has 2 amide bonds. The van der Waals surface area contributed by atoms with Crippen molar-refractivity contribution in [2.24, 2.45) is 0 Å². The summed E-state index contributed by atoms with van der Waals surface area (Å²) in [6.07, 6.45) is 4.09. The normalized spacial score (nSPS) is 14.5. The van der Waals surface area contributed by atoms with Crippen LogP contribution in [0.5, 0.6) is 11.5 Å². The van der Waals surface area contributed by atoms with E-state index in [4.69, 9.17) is 9.47 Å². The number of hydrogen-bond acceptors (Lipinski definition) is 4. The lowest BCUT2D eigenvalue weighted by Crippen LogP contribution is -2.35. The van der Waals surface area contributed by atoms with Gasteiger partial charge in [-0.05, 0) is 25.0 Å². The van der Waals surface area contributed by atoms with Gasteiger partial charge in [0.25, 0.3) is 0 Å². The highest BCUT2D eigenvalue weighted by Crippen LogP contribution is 2.29. The van der Waals surface area contributed by atoms with Crippen LogP contribution in [0, 0.1) is 0 Å². The van der Waals surface area contributed by atoms with E-state index < -0.39 is 0 Å². The van der Waals surface area contributed by atoms with Crippen molar-refractivity contribution in [2.75, 3.05) is 19.5 Å². The second kappa shape index (κ2) is 7.68. The van der Waals surface area contributed by atoms with Crippen LogP contribution in [0.3, 0.4) is 0 Å². The SMILES string of the molecule is COc1ccc(NC(=O)CC(=O)NC2CCCC2)c(OC)c1. The first-order valence-corrected chi connectivity index (χ1v) is 7.43. The Morgan fingerprint density at radius 3 is 2.50 bits per heavy atom. The van der Waals surface area contributed by atoms with Gasteiger partial charge in [-0.15, -0.1) is 0 Å². The number of carbonyl (C=O) groups excluding carboxylic acids is 2. The van der Waals surface area contributed by atoms with Crippen molar-refractivity contribution in [2.45, 2.75) is 38.1 Å². The van der Waals surface area contributed by atoms with Crippen LogP contribution in [0.2, 0.25) is 0 Å². The molecule has 1 aliphatic rings. The fraction of sp³-hybridized carbons (Fsp3) is 0.500. The summed E-state index contributed by atoms with van der Waals surface area (Å²) in [7, 11) is 3.07. The molecule has 2 N–H and O–H groups in total. The molecule has 0 spiro atoms. The highest BCUT2D eigenvalue weighted by atomic mass is 16.5. The molecule has 120 valence electrons. The molecule has 6 nitrogen and oxygen atoms in total. The monoisotopic (exact) mass is 306 g/mol. The number of anilines is 1. The summed E-state index contributed by atoms with van der Waals surface area (Å²) in [5, 5.41) is 5.58. The maximum Gasteiger partial charge on any atom is 0.233 e. The van der Waals surface area contributed by atoms with Gasteiger partial charge in [0, 0.05) is 12.1 Å². The summed E-state index contributed by atoms with van der Waals surface area (Å²) in [5.41, 5.74) is 0.516. The number of benzene rings is 1. The van der Waals surface area contributed by atoms with Crippen molar-refractivity contribution in [3.8, 4) is 11.5 Å². The molecule has 0 atom stereocenters. The van der Waals surface area contributed by atoms with Crippen LogP contribution in [0.25, 0.3) is 0 Å². The molecule has 0 aliphatic heterocycles. The topological polar surface area (TPSA) is 76.7 Å². The molecule has 1 aromatic carbocycles. The second-order valence-electron chi connectivity index (χ2n) is 5.34. The zero-order chi connectivity index (χ0) is 15.9. The number of carbonyl (C=O) groups is 2. The van der Waals surface area contributed by atoms with Crippen molar-refractivity contribution in [3.63, 3.8) is 0 Å². The minimum atomic E-state index is -0.362. The molecule has 1 aliphatic carbocycles. The Morgan fingerprint density at radius 2 is 1.86 bits per heavy atom. The van der Waals surface area contributed by atoms with Crippen LogP contribution in [0.1, 0.15) is 32.1 Å². The lowest BCUT2D eigenvalue weighted by atomic mass is 10.2. The summed E-state index contributed by atoms with van der Waals surface area (Å²) in [6.45, 7) is 0. The maximum atomic E-state index is 12.0. The molecule has 6 heteroatoms. The minimum absolute atomic E-state index is 0.189. The Morgan fingerprint density at radius 1 is 1.14 bits per heavy atom. The number of ether oxygens (including phenoxy) is 2. The summed E-state index contributed by atoms with van der Waals surface area (Å²) < 4.78 is 10.3. The van der Waals surface area contributed by atoms with Crippen molar-refractivity contribution >= 4 is 17.5 Å². The highest BCUT2D eigenvalue weighted by molar-refractivity contribution is 6.04. The summed E-state index contributed by atoms with van der Waals surface area (Å²) in [5.74, 6) is 0.522. The zero-order valence-electron chi connectivity index (χ0n) is 13.0. The minimum Gasteiger partial charge on any atom is -0.497 e. The lowest BCUT2D eigenvalue weighted by molar-refractivity contribution is -0.127. The van der Waals surface area contributed by atoms with E-state index in [2.05, 4.69) is 10.6 Å². The third-order valence-electron chi connectivity index (χ3n) is 3.72. The van der Waals surface area contributed by atoms with E-state index in [9.17, 15) is 9.59 Å². The Kier molecular flexibility index (Phi) is 5.63. The number of nitrogens with one attached hydrogen (secondary N) is 2. The van der Waals surface area contributed by atoms with Gasteiger partial charge in [-0.25, -0.2) is 0 Å². The first-order chi connectivity index (χ1) is 10.6. The molecule has 0 radical (unpaired) electrons. The molecule has 0 bridgehead atoms. The van der Waals surface area contributed by atoms with Crippen molar-refractivity contribution in [3.05, 3.63) is 18.2 Å². The molecule has 0 aromatic heterocycles. The van der Waals surface area contributed by atoms with Gasteiger partial charge >= 0.3 is 0 Å². The first kappa shape index (κ1) is 16.1. The third kappa shape index (κ3) is 4.38. The third-order valence-corrected chi connectivity index (χ3v) is 3.72. The molecule has 0 heterocycles. The molecular weight excluding hydrogens is 284 g/mol. The number of methoxy groups -OCH3 is 2. The van der Waals surface area contributed by atoms with Crippen molar-refractivity contribution in [1.29, 1.82) is 0 Å². The standard InChI is InChI=1S/C16H22N2O4/c1-21-12-7-8-13(14(9-12)22-2)18-16(20)10-15(19)17-11-5-3-4-6-11/h7-9,11H,3-6,10H2,1-2H3,(H,17,19)(H,18,20). The van der Waals surface area contributed by atoms with Crippen LogP contribution >= 0.6 is 0 Å². The number of hydrogen-bond donors (Lipinski definition) is 2. The quantitative estimate of drug-likeness (QED) is 0.789. The zero-order valence-corrected chi connectivity index (χ0v) is 13.0. The smallest absolute Gasteiger partial charge is 0.233 e. The van der Waals surface area contributed by atoms with Gasteiger partial charge < -0.3 is 20.1 Å². The van der Waals surface area contributed by atoms with Crippen LogP contribution in [0.15, 0.2) is 18.2 Å². The van der Waals surface area contributed by atoms with Crippen LogP contribution in [-0.4, -0.2) is 32.1 Å². The van der Waals surface area contributed by atoms with Gasteiger partial charge in [0.2, 0.25) is 11.8 Å². The van der Waals surface area contributed by atoms with E-state index in [1.807, 2.05) is 0 Å². The van der Waals surface area contributed by atoms with Gasteiger partial charge in [-0.1, -0.05) is 12.8 Å². The fourth-order valence-electron chi connectivity index (χ4n) is 2.59. The average Bonchev–Trinajstić information content (AvgIpc) is 3.00. The van der Waals surface area contributed by atoms with Crippen LogP contribution < -0.4 is 20.1 Å². The highest BCUT2D eigenvalue weighted by Gasteiger charge is 2.19. The van der Waals surface area contributed by atoms with Gasteiger partial charge in [0.05, 0.1) is 19.9 Å².